The summed E-state index contributed by atoms with van der Waals surface area (Å²) < 4.78 is 8.06. The van der Waals surface area contributed by atoms with E-state index in [1.165, 1.54) is 26.8 Å². The molecule has 140 valence electrons. The Morgan fingerprint density at radius 2 is 1.46 bits per heavy atom. The van der Waals surface area contributed by atoms with E-state index < -0.39 is 8.32 Å². The van der Waals surface area contributed by atoms with Crippen LogP contribution in [-0.4, -0.2) is 19.4 Å². The molecule has 0 heterocycles. The van der Waals surface area contributed by atoms with E-state index in [4.69, 9.17) is 4.43 Å². The molecule has 2 aromatic carbocycles. The van der Waals surface area contributed by atoms with Gasteiger partial charge >= 0.3 is 0 Å². The monoisotopic (exact) mass is 478 g/mol. The number of allylic oxidation sites excluding steroid dienone is 1. The molecule has 0 spiro atoms. The highest BCUT2D eigenvalue weighted by Crippen LogP contribution is 2.36. The zero-order valence-corrected chi connectivity index (χ0v) is 19.6. The smallest absolute Gasteiger partial charge is 0.261 e. The van der Waals surface area contributed by atoms with Gasteiger partial charge in [0.2, 0.25) is 0 Å². The normalized spacial score (nSPS) is 13.0. The minimum absolute atomic E-state index is 0.0523. The summed E-state index contributed by atoms with van der Waals surface area (Å²) in [6.07, 6.45) is 4.49. The summed E-state index contributed by atoms with van der Waals surface area (Å²) in [7, 11) is -2.37. The molecule has 0 N–H and O–H groups in total. The van der Waals surface area contributed by atoms with Gasteiger partial charge in [-0.1, -0.05) is 116 Å². The van der Waals surface area contributed by atoms with Gasteiger partial charge in [-0.25, -0.2) is 0 Å². The summed E-state index contributed by atoms with van der Waals surface area (Å²) >= 11 is 2.44. The van der Waals surface area contributed by atoms with E-state index in [1.807, 2.05) is 0 Å². The summed E-state index contributed by atoms with van der Waals surface area (Å²) in [4.78, 5) is 0. The van der Waals surface area contributed by atoms with E-state index in [2.05, 4.69) is 117 Å². The second-order valence-electron chi connectivity index (χ2n) is 7.79. The van der Waals surface area contributed by atoms with Crippen LogP contribution in [0.15, 0.2) is 72.3 Å². The van der Waals surface area contributed by atoms with Crippen LogP contribution in [0.2, 0.25) is 5.04 Å². The molecule has 0 unspecified atom stereocenters. The summed E-state index contributed by atoms with van der Waals surface area (Å²) in [6, 6.07) is 21.7. The van der Waals surface area contributed by atoms with Gasteiger partial charge in [0.15, 0.2) is 0 Å². The minimum atomic E-state index is -2.37. The number of rotatable bonds is 8. The Morgan fingerprint density at radius 3 is 1.88 bits per heavy atom. The fraction of sp³-hybridized carbons (Fsp3) is 0.391. The van der Waals surface area contributed by atoms with Crippen LogP contribution in [-0.2, 0) is 4.43 Å². The van der Waals surface area contributed by atoms with Crippen LogP contribution in [0.5, 0.6) is 0 Å². The van der Waals surface area contributed by atoms with Crippen LogP contribution in [0.25, 0.3) is 0 Å². The van der Waals surface area contributed by atoms with Gasteiger partial charge in [0.1, 0.15) is 0 Å². The summed E-state index contributed by atoms with van der Waals surface area (Å²) in [6.45, 7) is 9.98. The van der Waals surface area contributed by atoms with Crippen molar-refractivity contribution in [1.82, 2.24) is 0 Å². The van der Waals surface area contributed by atoms with Crippen molar-refractivity contribution in [1.29, 1.82) is 0 Å². The van der Waals surface area contributed by atoms with Gasteiger partial charge in [-0.2, -0.15) is 0 Å². The highest BCUT2D eigenvalue weighted by Gasteiger charge is 2.49. The third-order valence-corrected chi connectivity index (χ3v) is 10.4. The Morgan fingerprint density at radius 1 is 0.962 bits per heavy atom. The molecule has 0 aliphatic carbocycles. The van der Waals surface area contributed by atoms with E-state index in [-0.39, 0.29) is 5.04 Å². The SMILES string of the molecule is CC(=CCCO[Si](c1ccccc1)(c1ccccc1)C(C)(C)C)CCI. The third kappa shape index (κ3) is 5.08. The lowest BCUT2D eigenvalue weighted by Crippen LogP contribution is -2.66. The Hall–Kier alpha value is -0.913. The first-order valence-electron chi connectivity index (χ1n) is 9.38. The van der Waals surface area contributed by atoms with Crippen molar-refractivity contribution in [3.63, 3.8) is 0 Å². The molecule has 26 heavy (non-hydrogen) atoms. The molecule has 0 amide bonds. The molecule has 0 atom stereocenters. The van der Waals surface area contributed by atoms with Gasteiger partial charge in [-0.3, -0.25) is 0 Å². The fourth-order valence-electron chi connectivity index (χ4n) is 3.53. The highest BCUT2D eigenvalue weighted by atomic mass is 127. The number of alkyl halides is 1. The third-order valence-electron chi connectivity index (χ3n) is 4.83. The number of benzene rings is 2. The van der Waals surface area contributed by atoms with Gasteiger partial charge in [0, 0.05) is 11.0 Å². The molecular weight excluding hydrogens is 447 g/mol. The van der Waals surface area contributed by atoms with E-state index in [0.29, 0.717) is 0 Å². The maximum absolute atomic E-state index is 6.89. The zero-order valence-electron chi connectivity index (χ0n) is 16.5. The average molecular weight is 478 g/mol. The van der Waals surface area contributed by atoms with E-state index in [1.54, 1.807) is 0 Å². The first-order chi connectivity index (χ1) is 12.4. The van der Waals surface area contributed by atoms with Crippen molar-refractivity contribution in [2.45, 2.75) is 45.6 Å². The van der Waals surface area contributed by atoms with Gasteiger partial charge in [-0.05, 0) is 35.2 Å². The van der Waals surface area contributed by atoms with Crippen molar-refractivity contribution in [3.8, 4) is 0 Å². The predicted octanol–water partition coefficient (Wildman–Crippen LogP) is 5.72. The maximum Gasteiger partial charge on any atom is 0.261 e. The molecular formula is C23H31IOSi. The van der Waals surface area contributed by atoms with Gasteiger partial charge in [0.25, 0.3) is 8.32 Å². The van der Waals surface area contributed by atoms with Gasteiger partial charge < -0.3 is 4.43 Å². The molecule has 0 aliphatic rings. The predicted molar refractivity (Wildman–Crippen MR) is 125 cm³/mol. The van der Waals surface area contributed by atoms with Crippen LogP contribution in [0.3, 0.4) is 0 Å². The van der Waals surface area contributed by atoms with Crippen LogP contribution < -0.4 is 10.4 Å². The zero-order chi connectivity index (χ0) is 19.0. The molecule has 2 aromatic rings. The topological polar surface area (TPSA) is 9.23 Å². The van der Waals surface area contributed by atoms with Crippen molar-refractivity contribution < 1.29 is 4.43 Å². The number of hydrogen-bond donors (Lipinski definition) is 0. The molecule has 0 bridgehead atoms. The van der Waals surface area contributed by atoms with E-state index >= 15 is 0 Å². The molecule has 0 aliphatic heterocycles. The van der Waals surface area contributed by atoms with Gasteiger partial charge in [0.05, 0.1) is 0 Å². The quantitative estimate of drug-likeness (QED) is 0.155. The molecule has 1 nitrogen and oxygen atoms in total. The van der Waals surface area contributed by atoms with Crippen molar-refractivity contribution in [2.75, 3.05) is 11.0 Å². The lowest BCUT2D eigenvalue weighted by atomic mass is 10.2. The second kappa shape index (κ2) is 9.86. The van der Waals surface area contributed by atoms with Crippen molar-refractivity contribution in [2.24, 2.45) is 0 Å². The lowest BCUT2D eigenvalue weighted by Gasteiger charge is -2.43. The standard InChI is InChI=1S/C23H31IOSi/c1-20(17-18-24)12-11-19-25-26(23(2,3)4,21-13-7-5-8-14-21)22-15-9-6-10-16-22/h5-10,12-16H,11,17-19H2,1-4H3. The lowest BCUT2D eigenvalue weighted by molar-refractivity contribution is 0.304. The molecule has 0 fully saturated rings. The van der Waals surface area contributed by atoms with Crippen LogP contribution in [0.1, 0.15) is 40.5 Å². The first kappa shape index (κ1) is 21.4. The largest absolute Gasteiger partial charge is 0.407 e. The fourth-order valence-corrected chi connectivity index (χ4v) is 8.96. The van der Waals surface area contributed by atoms with Crippen LogP contribution in [0.4, 0.5) is 0 Å². The first-order valence-corrected chi connectivity index (χ1v) is 12.8. The van der Waals surface area contributed by atoms with Crippen molar-refractivity contribution in [3.05, 3.63) is 72.3 Å². The van der Waals surface area contributed by atoms with Gasteiger partial charge in [-0.15, -0.1) is 0 Å². The van der Waals surface area contributed by atoms with E-state index in [0.717, 1.165) is 13.0 Å². The second-order valence-corrected chi connectivity index (χ2v) is 13.2. The number of hydrogen-bond acceptors (Lipinski definition) is 1. The van der Waals surface area contributed by atoms with Crippen molar-refractivity contribution >= 4 is 41.3 Å². The highest BCUT2D eigenvalue weighted by molar-refractivity contribution is 14.1. The molecule has 0 saturated heterocycles. The number of halogens is 1. The summed E-state index contributed by atoms with van der Waals surface area (Å²) in [5.41, 5.74) is 1.46. The maximum atomic E-state index is 6.89. The Balaban J connectivity index is 2.39. The summed E-state index contributed by atoms with van der Waals surface area (Å²) in [5, 5.41) is 2.76. The Labute approximate surface area is 174 Å². The molecule has 2 rings (SSSR count). The average Bonchev–Trinajstić information content (AvgIpc) is 2.62. The Bertz CT molecular complexity index is 650. The minimum Gasteiger partial charge on any atom is -0.407 e. The molecule has 0 aromatic heterocycles. The van der Waals surface area contributed by atoms with Crippen LogP contribution in [0, 0.1) is 0 Å². The molecule has 3 heteroatoms. The Kier molecular flexibility index (Phi) is 8.11. The molecule has 0 saturated carbocycles. The van der Waals surface area contributed by atoms with Crippen LogP contribution >= 0.6 is 22.6 Å². The summed E-state index contributed by atoms with van der Waals surface area (Å²) in [5.74, 6) is 0. The molecule has 0 radical (unpaired) electrons. The van der Waals surface area contributed by atoms with E-state index in [9.17, 15) is 0 Å².